The summed E-state index contributed by atoms with van der Waals surface area (Å²) in [6, 6.07) is 22.8. The molecule has 7 heteroatoms. The largest absolute Gasteiger partial charge is 0.489 e. The number of amides is 1. The lowest BCUT2D eigenvalue weighted by molar-refractivity contribution is 0.0927. The normalized spacial score (nSPS) is 14.4. The molecule has 3 aromatic carbocycles. The first-order valence-electron chi connectivity index (χ1n) is 11.2. The van der Waals surface area contributed by atoms with E-state index in [2.05, 4.69) is 10.0 Å². The quantitative estimate of drug-likeness (QED) is 0.484. The summed E-state index contributed by atoms with van der Waals surface area (Å²) in [5, 5.41) is 3.03. The van der Waals surface area contributed by atoms with Crippen LogP contribution in [0.1, 0.15) is 48.0 Å². The van der Waals surface area contributed by atoms with Gasteiger partial charge >= 0.3 is 0 Å². The second-order valence-corrected chi connectivity index (χ2v) is 9.92. The average Bonchev–Trinajstić information content (AvgIpc) is 2.85. The van der Waals surface area contributed by atoms with Gasteiger partial charge in [0.2, 0.25) is 0 Å². The number of carbonyl (C=O) groups is 1. The molecule has 1 aliphatic rings. The van der Waals surface area contributed by atoms with Crippen LogP contribution in [-0.4, -0.2) is 20.4 Å². The van der Waals surface area contributed by atoms with Crippen molar-refractivity contribution in [2.75, 3.05) is 4.72 Å². The molecular formula is C26H28N2O4S. The van der Waals surface area contributed by atoms with E-state index in [1.54, 1.807) is 36.4 Å². The number of ether oxygens (including phenoxy) is 1. The molecule has 0 aromatic heterocycles. The van der Waals surface area contributed by atoms with Crippen LogP contribution in [-0.2, 0) is 16.6 Å². The van der Waals surface area contributed by atoms with E-state index in [0.29, 0.717) is 23.6 Å². The molecule has 172 valence electrons. The fourth-order valence-corrected chi connectivity index (χ4v) is 5.00. The SMILES string of the molecule is O=C(NC1CCCCC1)c1cccc(S(=O)(=O)Nc2ccc(OCc3ccccc3)cc2)c1. The summed E-state index contributed by atoms with van der Waals surface area (Å²) in [6.07, 6.45) is 5.36. The first kappa shape index (κ1) is 22.9. The van der Waals surface area contributed by atoms with Crippen LogP contribution in [0.2, 0.25) is 0 Å². The number of hydrogen-bond acceptors (Lipinski definition) is 4. The maximum Gasteiger partial charge on any atom is 0.261 e. The van der Waals surface area contributed by atoms with E-state index in [4.69, 9.17) is 4.74 Å². The van der Waals surface area contributed by atoms with Gasteiger partial charge in [-0.15, -0.1) is 0 Å². The molecular weight excluding hydrogens is 436 g/mol. The molecule has 1 aliphatic carbocycles. The maximum absolute atomic E-state index is 12.9. The Balaban J connectivity index is 1.38. The van der Waals surface area contributed by atoms with E-state index in [1.165, 1.54) is 18.6 Å². The predicted molar refractivity (Wildman–Crippen MR) is 129 cm³/mol. The molecule has 4 rings (SSSR count). The van der Waals surface area contributed by atoms with Gasteiger partial charge in [0.05, 0.1) is 4.90 Å². The van der Waals surface area contributed by atoms with Crippen molar-refractivity contribution in [3.63, 3.8) is 0 Å². The molecule has 0 unspecified atom stereocenters. The molecule has 0 aliphatic heterocycles. The number of rotatable bonds is 8. The van der Waals surface area contributed by atoms with Gasteiger partial charge in [-0.3, -0.25) is 9.52 Å². The van der Waals surface area contributed by atoms with Crippen molar-refractivity contribution in [1.29, 1.82) is 0 Å². The third kappa shape index (κ3) is 6.35. The van der Waals surface area contributed by atoms with E-state index in [-0.39, 0.29) is 16.8 Å². The van der Waals surface area contributed by atoms with Crippen molar-refractivity contribution in [2.24, 2.45) is 0 Å². The molecule has 33 heavy (non-hydrogen) atoms. The highest BCUT2D eigenvalue weighted by atomic mass is 32.2. The van der Waals surface area contributed by atoms with Crippen molar-refractivity contribution >= 4 is 21.6 Å². The predicted octanol–water partition coefficient (Wildman–Crippen LogP) is 5.13. The Labute approximate surface area is 195 Å². The fourth-order valence-electron chi connectivity index (χ4n) is 3.89. The number of anilines is 1. The second-order valence-electron chi connectivity index (χ2n) is 8.24. The Morgan fingerprint density at radius 3 is 2.33 bits per heavy atom. The smallest absolute Gasteiger partial charge is 0.261 e. The summed E-state index contributed by atoms with van der Waals surface area (Å²) in [7, 11) is -3.84. The van der Waals surface area contributed by atoms with Gasteiger partial charge in [0.25, 0.3) is 15.9 Å². The van der Waals surface area contributed by atoms with Gasteiger partial charge in [0, 0.05) is 17.3 Å². The molecule has 2 N–H and O–H groups in total. The molecule has 0 bridgehead atoms. The van der Waals surface area contributed by atoms with Crippen LogP contribution < -0.4 is 14.8 Å². The zero-order chi connectivity index (χ0) is 23.1. The molecule has 0 saturated heterocycles. The molecule has 0 spiro atoms. The van der Waals surface area contributed by atoms with Crippen molar-refractivity contribution in [3.8, 4) is 5.75 Å². The van der Waals surface area contributed by atoms with Gasteiger partial charge in [0.1, 0.15) is 12.4 Å². The number of hydrogen-bond donors (Lipinski definition) is 2. The van der Waals surface area contributed by atoms with Crippen LogP contribution in [0.5, 0.6) is 5.75 Å². The molecule has 1 amide bonds. The minimum absolute atomic E-state index is 0.0446. The molecule has 1 fully saturated rings. The van der Waals surface area contributed by atoms with Gasteiger partial charge in [0.15, 0.2) is 0 Å². The topological polar surface area (TPSA) is 84.5 Å². The molecule has 1 saturated carbocycles. The van der Waals surface area contributed by atoms with Crippen LogP contribution in [0, 0.1) is 0 Å². The van der Waals surface area contributed by atoms with E-state index < -0.39 is 10.0 Å². The summed E-state index contributed by atoms with van der Waals surface area (Å²) >= 11 is 0. The second kappa shape index (κ2) is 10.5. The Morgan fingerprint density at radius 1 is 0.879 bits per heavy atom. The Kier molecular flexibility index (Phi) is 7.29. The summed E-state index contributed by atoms with van der Waals surface area (Å²) < 4.78 is 34.1. The molecule has 3 aromatic rings. The molecule has 0 atom stereocenters. The highest BCUT2D eigenvalue weighted by Crippen LogP contribution is 2.22. The van der Waals surface area contributed by atoms with E-state index in [0.717, 1.165) is 31.2 Å². The van der Waals surface area contributed by atoms with Gasteiger partial charge in [-0.05, 0) is 60.9 Å². The van der Waals surface area contributed by atoms with E-state index >= 15 is 0 Å². The fraction of sp³-hybridized carbons (Fsp3) is 0.269. The molecule has 0 radical (unpaired) electrons. The van der Waals surface area contributed by atoms with E-state index in [1.807, 2.05) is 30.3 Å². The number of nitrogens with one attached hydrogen (secondary N) is 2. The zero-order valence-electron chi connectivity index (χ0n) is 18.4. The summed E-state index contributed by atoms with van der Waals surface area (Å²) in [5.41, 5.74) is 1.81. The maximum atomic E-state index is 12.9. The standard InChI is InChI=1S/C26H28N2O4S/c29-26(27-22-11-5-2-6-12-22)21-10-7-13-25(18-21)33(30,31)28-23-14-16-24(17-15-23)32-19-20-8-3-1-4-9-20/h1,3-4,7-10,13-18,22,28H,2,5-6,11-12,19H2,(H,27,29). The van der Waals surface area contributed by atoms with Gasteiger partial charge in [-0.25, -0.2) is 8.42 Å². The minimum Gasteiger partial charge on any atom is -0.489 e. The average molecular weight is 465 g/mol. The highest BCUT2D eigenvalue weighted by molar-refractivity contribution is 7.92. The third-order valence-electron chi connectivity index (χ3n) is 5.70. The lowest BCUT2D eigenvalue weighted by Gasteiger charge is -2.22. The Bertz CT molecular complexity index is 1170. The van der Waals surface area contributed by atoms with Crippen LogP contribution in [0.3, 0.4) is 0 Å². The summed E-state index contributed by atoms with van der Waals surface area (Å²) in [4.78, 5) is 12.7. The summed E-state index contributed by atoms with van der Waals surface area (Å²) in [6.45, 7) is 0.432. The van der Waals surface area contributed by atoms with Crippen molar-refractivity contribution < 1.29 is 17.9 Å². The first-order chi connectivity index (χ1) is 16.0. The minimum atomic E-state index is -3.84. The lowest BCUT2D eigenvalue weighted by Crippen LogP contribution is -2.36. The zero-order valence-corrected chi connectivity index (χ0v) is 19.2. The Morgan fingerprint density at radius 2 is 1.61 bits per heavy atom. The molecule has 0 heterocycles. The van der Waals surface area contributed by atoms with Gasteiger partial charge < -0.3 is 10.1 Å². The van der Waals surface area contributed by atoms with Crippen LogP contribution in [0.25, 0.3) is 0 Å². The number of benzene rings is 3. The van der Waals surface area contributed by atoms with Crippen molar-refractivity contribution in [1.82, 2.24) is 5.32 Å². The first-order valence-corrected chi connectivity index (χ1v) is 12.7. The van der Waals surface area contributed by atoms with Crippen molar-refractivity contribution in [2.45, 2.75) is 49.6 Å². The lowest BCUT2D eigenvalue weighted by atomic mass is 9.95. The van der Waals surface area contributed by atoms with Crippen LogP contribution >= 0.6 is 0 Å². The van der Waals surface area contributed by atoms with Crippen LogP contribution in [0.4, 0.5) is 5.69 Å². The third-order valence-corrected chi connectivity index (χ3v) is 7.08. The highest BCUT2D eigenvalue weighted by Gasteiger charge is 2.19. The van der Waals surface area contributed by atoms with Crippen LogP contribution in [0.15, 0.2) is 83.8 Å². The Hall–Kier alpha value is -3.32. The monoisotopic (exact) mass is 464 g/mol. The number of sulfonamides is 1. The van der Waals surface area contributed by atoms with Gasteiger partial charge in [-0.1, -0.05) is 55.7 Å². The molecule has 6 nitrogen and oxygen atoms in total. The van der Waals surface area contributed by atoms with Crippen molar-refractivity contribution in [3.05, 3.63) is 90.0 Å². The van der Waals surface area contributed by atoms with E-state index in [9.17, 15) is 13.2 Å². The van der Waals surface area contributed by atoms with Gasteiger partial charge in [-0.2, -0.15) is 0 Å². The summed E-state index contributed by atoms with van der Waals surface area (Å²) in [5.74, 6) is 0.405. The number of carbonyl (C=O) groups excluding carboxylic acids is 1.